The summed E-state index contributed by atoms with van der Waals surface area (Å²) in [5.41, 5.74) is 2.14. The number of carbonyl (C=O) groups is 1. The van der Waals surface area contributed by atoms with Gasteiger partial charge in [0.05, 0.1) is 5.39 Å². The Morgan fingerprint density at radius 3 is 2.53 bits per heavy atom. The van der Waals surface area contributed by atoms with Gasteiger partial charge >= 0.3 is 5.69 Å². The molecule has 0 spiro atoms. The van der Waals surface area contributed by atoms with E-state index in [-0.39, 0.29) is 17.2 Å². The van der Waals surface area contributed by atoms with E-state index in [1.807, 2.05) is 13.8 Å². The Balaban J connectivity index is 1.39. The van der Waals surface area contributed by atoms with Crippen molar-refractivity contribution in [3.63, 3.8) is 0 Å². The molecule has 2 fully saturated rings. The van der Waals surface area contributed by atoms with Crippen LogP contribution >= 0.6 is 0 Å². The summed E-state index contributed by atoms with van der Waals surface area (Å²) in [5, 5.41) is 3.57. The van der Waals surface area contributed by atoms with Crippen molar-refractivity contribution in [2.24, 2.45) is 20.0 Å². The number of rotatable bonds is 6. The zero-order valence-electron chi connectivity index (χ0n) is 19.7. The van der Waals surface area contributed by atoms with E-state index in [0.29, 0.717) is 29.8 Å². The molecule has 0 radical (unpaired) electrons. The SMILES string of the molecule is Cc1nc2c(c(C)c1CCC(=O)NCC1CCN(C3CCCC3)C1)c(=O)n(C)c(=O)n2C. The molecule has 2 aliphatic rings. The number of amides is 1. The third kappa shape index (κ3) is 4.25. The second kappa shape index (κ2) is 9.17. The molecule has 1 N–H and O–H groups in total. The van der Waals surface area contributed by atoms with Crippen LogP contribution < -0.4 is 16.6 Å². The molecular weight excluding hydrogens is 406 g/mol. The highest BCUT2D eigenvalue weighted by Crippen LogP contribution is 2.28. The molecule has 32 heavy (non-hydrogen) atoms. The molecule has 1 saturated carbocycles. The molecule has 8 nitrogen and oxygen atoms in total. The van der Waals surface area contributed by atoms with Crippen molar-refractivity contribution in [3.8, 4) is 0 Å². The minimum absolute atomic E-state index is 0.0385. The first-order valence-electron chi connectivity index (χ1n) is 11.8. The first kappa shape index (κ1) is 22.7. The number of aromatic nitrogens is 3. The molecule has 1 amide bonds. The summed E-state index contributed by atoms with van der Waals surface area (Å²) in [6.45, 7) is 6.74. The molecule has 174 valence electrons. The number of fused-ring (bicyclic) bond motifs is 1. The van der Waals surface area contributed by atoms with Crippen molar-refractivity contribution >= 4 is 16.9 Å². The molecule has 0 bridgehead atoms. The Hall–Kier alpha value is -2.48. The number of nitrogens with one attached hydrogen (secondary N) is 1. The van der Waals surface area contributed by atoms with Crippen molar-refractivity contribution in [1.29, 1.82) is 0 Å². The van der Waals surface area contributed by atoms with E-state index in [0.717, 1.165) is 53.5 Å². The van der Waals surface area contributed by atoms with Crippen LogP contribution in [-0.2, 0) is 25.3 Å². The predicted molar refractivity (Wildman–Crippen MR) is 125 cm³/mol. The zero-order chi connectivity index (χ0) is 23.0. The fourth-order valence-corrected chi connectivity index (χ4v) is 5.52. The third-order valence-corrected chi connectivity index (χ3v) is 7.52. The molecule has 8 heteroatoms. The number of likely N-dealkylation sites (tertiary alicyclic amines) is 1. The summed E-state index contributed by atoms with van der Waals surface area (Å²) in [4.78, 5) is 44.7. The summed E-state index contributed by atoms with van der Waals surface area (Å²) in [7, 11) is 3.10. The second-order valence-corrected chi connectivity index (χ2v) is 9.60. The molecule has 4 rings (SSSR count). The number of aryl methyl sites for hydroxylation is 3. The third-order valence-electron chi connectivity index (χ3n) is 7.52. The van der Waals surface area contributed by atoms with Gasteiger partial charge in [-0.05, 0) is 63.1 Å². The molecule has 2 aromatic rings. The maximum atomic E-state index is 12.7. The van der Waals surface area contributed by atoms with Crippen molar-refractivity contribution in [2.75, 3.05) is 19.6 Å². The smallest absolute Gasteiger partial charge is 0.332 e. The van der Waals surface area contributed by atoms with Crippen molar-refractivity contribution in [1.82, 2.24) is 24.3 Å². The van der Waals surface area contributed by atoms with Crippen LogP contribution in [0.4, 0.5) is 0 Å². The lowest BCUT2D eigenvalue weighted by Gasteiger charge is -2.23. The van der Waals surface area contributed by atoms with Crippen molar-refractivity contribution in [2.45, 2.75) is 64.8 Å². The zero-order valence-corrected chi connectivity index (χ0v) is 19.7. The number of hydrogen-bond acceptors (Lipinski definition) is 5. The van der Waals surface area contributed by atoms with E-state index in [2.05, 4.69) is 15.2 Å². The lowest BCUT2D eigenvalue weighted by atomic mass is 9.99. The Morgan fingerprint density at radius 2 is 1.81 bits per heavy atom. The lowest BCUT2D eigenvalue weighted by Crippen LogP contribution is -2.38. The molecule has 0 aromatic carbocycles. The maximum absolute atomic E-state index is 12.7. The number of carbonyl (C=O) groups excluding carboxylic acids is 1. The largest absolute Gasteiger partial charge is 0.356 e. The fourth-order valence-electron chi connectivity index (χ4n) is 5.52. The van der Waals surface area contributed by atoms with Gasteiger partial charge in [0.1, 0.15) is 5.65 Å². The van der Waals surface area contributed by atoms with E-state index in [1.54, 1.807) is 7.05 Å². The number of hydrogen-bond donors (Lipinski definition) is 1. The summed E-state index contributed by atoms with van der Waals surface area (Å²) in [6.07, 6.45) is 7.41. The van der Waals surface area contributed by atoms with Gasteiger partial charge in [-0.1, -0.05) is 12.8 Å². The quantitative estimate of drug-likeness (QED) is 0.735. The fraction of sp³-hybridized carbons (Fsp3) is 0.667. The van der Waals surface area contributed by atoms with Crippen LogP contribution in [0.2, 0.25) is 0 Å². The van der Waals surface area contributed by atoms with E-state index in [9.17, 15) is 14.4 Å². The summed E-state index contributed by atoms with van der Waals surface area (Å²) < 4.78 is 2.52. The van der Waals surface area contributed by atoms with Gasteiger partial charge in [-0.2, -0.15) is 0 Å². The Kier molecular flexibility index (Phi) is 6.51. The number of nitrogens with zero attached hydrogens (tertiary/aromatic N) is 4. The molecule has 3 heterocycles. The van der Waals surface area contributed by atoms with Crippen LogP contribution in [0.5, 0.6) is 0 Å². The maximum Gasteiger partial charge on any atom is 0.332 e. The predicted octanol–water partition coefficient (Wildman–Crippen LogP) is 1.56. The van der Waals surface area contributed by atoms with Gasteiger partial charge in [0, 0.05) is 45.3 Å². The summed E-state index contributed by atoms with van der Waals surface area (Å²) >= 11 is 0. The standard InChI is InChI=1S/C24H35N5O3/c1-15-19(16(2)26-22-21(15)23(31)28(4)24(32)27(22)3)9-10-20(30)25-13-17-11-12-29(14-17)18-7-5-6-8-18/h17-18H,5-14H2,1-4H3,(H,25,30). The minimum Gasteiger partial charge on any atom is -0.356 e. The average Bonchev–Trinajstić information content (AvgIpc) is 3.46. The lowest BCUT2D eigenvalue weighted by molar-refractivity contribution is -0.121. The Labute approximate surface area is 188 Å². The Bertz CT molecular complexity index is 1140. The molecule has 1 aliphatic carbocycles. The van der Waals surface area contributed by atoms with E-state index >= 15 is 0 Å². The average molecular weight is 442 g/mol. The molecule has 1 unspecified atom stereocenters. The highest BCUT2D eigenvalue weighted by Gasteiger charge is 2.30. The van der Waals surface area contributed by atoms with Crippen LogP contribution in [-0.4, -0.2) is 50.6 Å². The van der Waals surface area contributed by atoms with E-state index < -0.39 is 0 Å². The van der Waals surface area contributed by atoms with Gasteiger partial charge in [-0.15, -0.1) is 0 Å². The monoisotopic (exact) mass is 441 g/mol. The van der Waals surface area contributed by atoms with Gasteiger partial charge in [-0.3, -0.25) is 18.7 Å². The Morgan fingerprint density at radius 1 is 1.09 bits per heavy atom. The van der Waals surface area contributed by atoms with Crippen LogP contribution in [0.25, 0.3) is 11.0 Å². The minimum atomic E-state index is -0.390. The summed E-state index contributed by atoms with van der Waals surface area (Å²) in [6, 6.07) is 0.759. The number of pyridine rings is 1. The molecule has 2 aromatic heterocycles. The van der Waals surface area contributed by atoms with E-state index in [1.165, 1.54) is 37.3 Å². The topological polar surface area (TPSA) is 89.2 Å². The van der Waals surface area contributed by atoms with Crippen molar-refractivity contribution < 1.29 is 4.79 Å². The van der Waals surface area contributed by atoms with E-state index in [4.69, 9.17) is 0 Å². The van der Waals surface area contributed by atoms with Crippen LogP contribution in [0, 0.1) is 19.8 Å². The molecule has 1 atom stereocenters. The first-order valence-corrected chi connectivity index (χ1v) is 11.8. The first-order chi connectivity index (χ1) is 15.3. The van der Waals surface area contributed by atoms with Gasteiger partial charge in [0.15, 0.2) is 0 Å². The highest BCUT2D eigenvalue weighted by molar-refractivity contribution is 5.80. The van der Waals surface area contributed by atoms with Crippen molar-refractivity contribution in [3.05, 3.63) is 37.7 Å². The van der Waals surface area contributed by atoms with Gasteiger partial charge in [0.25, 0.3) is 5.56 Å². The second-order valence-electron chi connectivity index (χ2n) is 9.60. The van der Waals surface area contributed by atoms with Crippen LogP contribution in [0.15, 0.2) is 9.59 Å². The van der Waals surface area contributed by atoms with Gasteiger partial charge < -0.3 is 10.2 Å². The van der Waals surface area contributed by atoms with Gasteiger partial charge in [-0.25, -0.2) is 9.78 Å². The van der Waals surface area contributed by atoms with Gasteiger partial charge in [0.2, 0.25) is 5.91 Å². The molecule has 1 saturated heterocycles. The van der Waals surface area contributed by atoms with Crippen LogP contribution in [0.3, 0.4) is 0 Å². The molecule has 1 aliphatic heterocycles. The van der Waals surface area contributed by atoms with Crippen LogP contribution in [0.1, 0.15) is 55.3 Å². The highest BCUT2D eigenvalue weighted by atomic mass is 16.2. The summed E-state index contributed by atoms with van der Waals surface area (Å²) in [5.74, 6) is 0.575. The molecular formula is C24H35N5O3. The normalized spacial score (nSPS) is 19.8.